The number of amides is 2. The lowest BCUT2D eigenvalue weighted by atomic mass is 10.1. The molecule has 1 aliphatic heterocycles. The number of ketones is 1. The normalized spacial score (nSPS) is 14.2. The zero-order chi connectivity index (χ0) is 17.0. The number of alkyl halides is 1. The van der Waals surface area contributed by atoms with Gasteiger partial charge in [0.25, 0.3) is 11.8 Å². The van der Waals surface area contributed by atoms with E-state index < -0.39 is 11.8 Å². The molecule has 8 heteroatoms. The van der Waals surface area contributed by atoms with E-state index in [1.165, 1.54) is 0 Å². The Kier molecular flexibility index (Phi) is 5.92. The lowest BCUT2D eigenvalue weighted by Gasteiger charge is -2.15. The van der Waals surface area contributed by atoms with Crippen LogP contribution >= 0.6 is 27.5 Å². The average molecular weight is 402 g/mol. The molecule has 2 rings (SSSR count). The van der Waals surface area contributed by atoms with E-state index in [1.807, 2.05) is 0 Å². The van der Waals surface area contributed by atoms with Crippen molar-refractivity contribution < 1.29 is 19.5 Å². The smallest absolute Gasteiger partial charge is 0.277 e. The quantitative estimate of drug-likeness (QED) is 0.414. The molecule has 0 aromatic heterocycles. The molecule has 0 saturated heterocycles. The molecule has 1 aliphatic rings. The molecule has 122 valence electrons. The molecule has 0 unspecified atom stereocenters. The summed E-state index contributed by atoms with van der Waals surface area (Å²) >= 11 is 8.91. The van der Waals surface area contributed by atoms with Crippen molar-refractivity contribution >= 4 is 50.8 Å². The van der Waals surface area contributed by atoms with Crippen LogP contribution in [0.25, 0.3) is 0 Å². The van der Waals surface area contributed by atoms with Gasteiger partial charge in [0.1, 0.15) is 5.70 Å². The van der Waals surface area contributed by atoms with Crippen molar-refractivity contribution in [3.8, 4) is 0 Å². The third-order valence-corrected chi connectivity index (χ3v) is 3.89. The number of carbonyl (C=O) groups excluding carboxylic acids is 3. The van der Waals surface area contributed by atoms with Gasteiger partial charge in [-0.05, 0) is 18.2 Å². The van der Waals surface area contributed by atoms with E-state index in [4.69, 9.17) is 16.7 Å². The van der Waals surface area contributed by atoms with Gasteiger partial charge in [-0.2, -0.15) is 0 Å². The monoisotopic (exact) mass is 400 g/mol. The number of hydrogen-bond acceptors (Lipinski definition) is 5. The lowest BCUT2D eigenvalue weighted by Crippen LogP contribution is -2.34. The molecule has 0 aliphatic carbocycles. The minimum atomic E-state index is -0.542. The maximum absolute atomic E-state index is 12.1. The Bertz CT molecular complexity index is 690. The summed E-state index contributed by atoms with van der Waals surface area (Å²) in [6.07, 6.45) is 1.31. The maximum atomic E-state index is 12.1. The van der Waals surface area contributed by atoms with Gasteiger partial charge in [-0.25, -0.2) is 0 Å². The van der Waals surface area contributed by atoms with E-state index in [1.54, 1.807) is 18.2 Å². The van der Waals surface area contributed by atoms with Gasteiger partial charge in [-0.15, -0.1) is 11.6 Å². The van der Waals surface area contributed by atoms with E-state index in [0.29, 0.717) is 15.7 Å². The second kappa shape index (κ2) is 7.72. The van der Waals surface area contributed by atoms with Crippen molar-refractivity contribution in [3.63, 3.8) is 0 Å². The van der Waals surface area contributed by atoms with Crippen LogP contribution < -0.4 is 5.32 Å². The van der Waals surface area contributed by atoms with E-state index in [0.717, 1.165) is 11.0 Å². The second-order valence-electron chi connectivity index (χ2n) is 4.75. The van der Waals surface area contributed by atoms with Crippen molar-refractivity contribution in [3.05, 3.63) is 40.0 Å². The van der Waals surface area contributed by atoms with Crippen molar-refractivity contribution in [1.29, 1.82) is 0 Å². The fourth-order valence-corrected chi connectivity index (χ4v) is 2.67. The molecular weight excluding hydrogens is 388 g/mol. The first-order valence-electron chi connectivity index (χ1n) is 6.82. The number of nitrogens with zero attached hydrogens (tertiary/aromatic N) is 1. The molecule has 0 radical (unpaired) electrons. The summed E-state index contributed by atoms with van der Waals surface area (Å²) in [5.41, 5.74) is 0.852. The number of rotatable bonds is 7. The molecule has 0 bridgehead atoms. The summed E-state index contributed by atoms with van der Waals surface area (Å²) in [7, 11) is 0. The standard InChI is InChI=1S/C15H14BrClN2O4/c16-9-1-2-10(13(21)3-4-17)11(7-9)18-12-8-14(22)19(5-6-20)15(12)23/h1-2,7-8,18,20H,3-6H2. The largest absolute Gasteiger partial charge is 0.395 e. The zero-order valence-corrected chi connectivity index (χ0v) is 14.4. The predicted octanol–water partition coefficient (Wildman–Crippen LogP) is 1.92. The average Bonchev–Trinajstić information content (AvgIpc) is 2.75. The molecule has 2 amide bonds. The minimum absolute atomic E-state index is 0.0569. The molecule has 1 aromatic rings. The number of carbonyl (C=O) groups is 3. The van der Waals surface area contributed by atoms with Gasteiger partial charge in [0, 0.05) is 28.4 Å². The van der Waals surface area contributed by atoms with Crippen LogP contribution in [0.1, 0.15) is 16.8 Å². The maximum Gasteiger partial charge on any atom is 0.277 e. The first kappa shape index (κ1) is 17.7. The first-order chi connectivity index (χ1) is 11.0. The van der Waals surface area contributed by atoms with Crippen molar-refractivity contribution in [2.45, 2.75) is 6.42 Å². The van der Waals surface area contributed by atoms with Crippen LogP contribution in [0.5, 0.6) is 0 Å². The van der Waals surface area contributed by atoms with Crippen LogP contribution in [0.2, 0.25) is 0 Å². The fourth-order valence-electron chi connectivity index (χ4n) is 2.14. The van der Waals surface area contributed by atoms with E-state index in [2.05, 4.69) is 21.2 Å². The van der Waals surface area contributed by atoms with Gasteiger partial charge >= 0.3 is 0 Å². The Labute approximate surface area is 146 Å². The van der Waals surface area contributed by atoms with E-state index in [-0.39, 0.29) is 36.9 Å². The first-order valence-corrected chi connectivity index (χ1v) is 8.14. The molecular formula is C15H14BrClN2O4. The molecule has 0 spiro atoms. The Hall–Kier alpha value is -1.70. The Morgan fingerprint density at radius 2 is 2.09 bits per heavy atom. The number of hydrogen-bond donors (Lipinski definition) is 2. The number of aliphatic hydroxyl groups excluding tert-OH is 1. The fraction of sp³-hybridized carbons (Fsp3) is 0.267. The number of nitrogens with one attached hydrogen (secondary N) is 1. The van der Waals surface area contributed by atoms with Crippen molar-refractivity contribution in [2.24, 2.45) is 0 Å². The Balaban J connectivity index is 2.28. The molecule has 0 atom stereocenters. The molecule has 1 heterocycles. The summed E-state index contributed by atoms with van der Waals surface area (Å²) in [5, 5.41) is 11.7. The minimum Gasteiger partial charge on any atom is -0.395 e. The molecule has 0 saturated carbocycles. The highest BCUT2D eigenvalue weighted by Crippen LogP contribution is 2.26. The Morgan fingerprint density at radius 1 is 1.35 bits per heavy atom. The summed E-state index contributed by atoms with van der Waals surface area (Å²) in [6, 6.07) is 4.98. The predicted molar refractivity (Wildman–Crippen MR) is 89.3 cm³/mol. The number of halogens is 2. The van der Waals surface area contributed by atoms with Crippen molar-refractivity contribution in [2.75, 3.05) is 24.3 Å². The highest BCUT2D eigenvalue weighted by Gasteiger charge is 2.31. The number of Topliss-reactive ketones (excluding diaryl/α,β-unsaturated/α-hetero) is 1. The van der Waals surface area contributed by atoms with Crippen LogP contribution in [-0.4, -0.2) is 46.6 Å². The topological polar surface area (TPSA) is 86.7 Å². The van der Waals surface area contributed by atoms with Crippen LogP contribution in [0.15, 0.2) is 34.4 Å². The molecule has 1 aromatic carbocycles. The third kappa shape index (κ3) is 3.99. The van der Waals surface area contributed by atoms with Crippen LogP contribution in [-0.2, 0) is 9.59 Å². The van der Waals surface area contributed by atoms with Gasteiger partial charge in [-0.1, -0.05) is 15.9 Å². The van der Waals surface area contributed by atoms with Crippen LogP contribution in [0.4, 0.5) is 5.69 Å². The highest BCUT2D eigenvalue weighted by molar-refractivity contribution is 9.10. The van der Waals surface area contributed by atoms with Crippen molar-refractivity contribution in [1.82, 2.24) is 4.90 Å². The van der Waals surface area contributed by atoms with E-state index in [9.17, 15) is 14.4 Å². The van der Waals surface area contributed by atoms with Crippen LogP contribution in [0.3, 0.4) is 0 Å². The molecule has 6 nitrogen and oxygen atoms in total. The summed E-state index contributed by atoms with van der Waals surface area (Å²) < 4.78 is 0.715. The van der Waals surface area contributed by atoms with Gasteiger partial charge in [0.15, 0.2) is 5.78 Å². The number of aliphatic hydroxyl groups is 1. The molecule has 0 fully saturated rings. The number of imide groups is 1. The Morgan fingerprint density at radius 3 is 2.74 bits per heavy atom. The highest BCUT2D eigenvalue weighted by atomic mass is 79.9. The number of anilines is 1. The summed E-state index contributed by atoms with van der Waals surface area (Å²) in [6.45, 7) is -0.384. The third-order valence-electron chi connectivity index (χ3n) is 3.21. The molecule has 2 N–H and O–H groups in total. The summed E-state index contributed by atoms with van der Waals surface area (Å²) in [5.74, 6) is -1.02. The number of β-amino-alcohol motifs (C(OH)–C–C–N with tert-alkyl or cyclic N) is 1. The lowest BCUT2D eigenvalue weighted by molar-refractivity contribution is -0.137. The number of benzene rings is 1. The van der Waals surface area contributed by atoms with Gasteiger partial charge in [-0.3, -0.25) is 19.3 Å². The zero-order valence-electron chi connectivity index (χ0n) is 12.0. The van der Waals surface area contributed by atoms with E-state index >= 15 is 0 Å². The van der Waals surface area contributed by atoms with Gasteiger partial charge in [0.2, 0.25) is 0 Å². The second-order valence-corrected chi connectivity index (χ2v) is 6.05. The van der Waals surface area contributed by atoms with Crippen LogP contribution in [0, 0.1) is 0 Å². The van der Waals surface area contributed by atoms with Gasteiger partial charge in [0.05, 0.1) is 18.8 Å². The molecule has 23 heavy (non-hydrogen) atoms. The van der Waals surface area contributed by atoms with Gasteiger partial charge < -0.3 is 10.4 Å². The SMILES string of the molecule is O=C(CCCl)c1ccc(Br)cc1NC1=CC(=O)N(CCO)C1=O. The summed E-state index contributed by atoms with van der Waals surface area (Å²) in [4.78, 5) is 36.9.